The van der Waals surface area contributed by atoms with Crippen molar-refractivity contribution >= 4 is 65.2 Å². The second kappa shape index (κ2) is 25.0. The number of benzene rings is 3. The fourth-order valence-corrected chi connectivity index (χ4v) is 5.66. The van der Waals surface area contributed by atoms with Crippen LogP contribution in [0, 0.1) is 17.8 Å². The lowest BCUT2D eigenvalue weighted by molar-refractivity contribution is -0.132. The largest absolute Gasteiger partial charge is 0.465 e. The molecule has 4 rings (SSSR count). The summed E-state index contributed by atoms with van der Waals surface area (Å²) in [6, 6.07) is 17.8. The summed E-state index contributed by atoms with van der Waals surface area (Å²) in [4.78, 5) is 58.1. The summed E-state index contributed by atoms with van der Waals surface area (Å²) in [5.41, 5.74) is 3.09. The molecule has 0 saturated heterocycles. The van der Waals surface area contributed by atoms with Crippen molar-refractivity contribution in [3.63, 3.8) is 0 Å². The molecule has 3 aromatic carbocycles. The molecule has 12 heteroatoms. The van der Waals surface area contributed by atoms with Crippen LogP contribution in [0.4, 0.5) is 16.2 Å². The summed E-state index contributed by atoms with van der Waals surface area (Å²) in [6.45, 7) is 20.4. The van der Waals surface area contributed by atoms with E-state index < -0.39 is 11.7 Å². The van der Waals surface area contributed by atoms with E-state index in [1.54, 1.807) is 64.2 Å². The van der Waals surface area contributed by atoms with E-state index in [0.717, 1.165) is 30.2 Å². The van der Waals surface area contributed by atoms with Gasteiger partial charge in [0.05, 0.1) is 33.0 Å². The van der Waals surface area contributed by atoms with Crippen molar-refractivity contribution < 1.29 is 33.4 Å². The zero-order chi connectivity index (χ0) is 42.6. The van der Waals surface area contributed by atoms with Gasteiger partial charge in [-0.15, -0.1) is 0 Å². The first kappa shape index (κ1) is 49.6. The summed E-state index contributed by atoms with van der Waals surface area (Å²) in [6.07, 6.45) is 4.95. The van der Waals surface area contributed by atoms with Crippen molar-refractivity contribution in [2.24, 2.45) is 17.8 Å². The molecular formula is C44H61Cl2N3O7. The molecule has 3 atom stereocenters. The van der Waals surface area contributed by atoms with Crippen LogP contribution in [0.3, 0.4) is 0 Å². The molecule has 1 saturated carbocycles. The summed E-state index contributed by atoms with van der Waals surface area (Å²) in [5, 5.41) is 6.25. The third kappa shape index (κ3) is 19.0. The molecule has 1 fully saturated rings. The van der Waals surface area contributed by atoms with Gasteiger partial charge in [0.1, 0.15) is 5.60 Å². The highest BCUT2D eigenvalue weighted by atomic mass is 35.5. The van der Waals surface area contributed by atoms with Crippen LogP contribution in [0.25, 0.3) is 0 Å². The first-order valence-electron chi connectivity index (χ1n) is 18.9. The highest BCUT2D eigenvalue weighted by molar-refractivity contribution is 6.39. The second-order valence-electron chi connectivity index (χ2n) is 15.4. The second-order valence-corrected chi connectivity index (χ2v) is 16.2. The quantitative estimate of drug-likeness (QED) is 0.137. The molecule has 0 aliphatic heterocycles. The number of hydrogen-bond donors (Lipinski definition) is 2. The fraction of sp³-hybridized carbons (Fsp3) is 0.477. The molecule has 1 aliphatic carbocycles. The van der Waals surface area contributed by atoms with Crippen molar-refractivity contribution in [1.82, 2.24) is 4.90 Å². The van der Waals surface area contributed by atoms with Crippen molar-refractivity contribution in [3.8, 4) is 0 Å². The van der Waals surface area contributed by atoms with Gasteiger partial charge in [-0.05, 0) is 113 Å². The number of amides is 3. The smallest absolute Gasteiger partial charge is 0.410 e. The van der Waals surface area contributed by atoms with Gasteiger partial charge in [-0.1, -0.05) is 94.9 Å². The van der Waals surface area contributed by atoms with Crippen LogP contribution in [0.2, 0.25) is 10.0 Å². The lowest BCUT2D eigenvalue weighted by Crippen LogP contribution is -2.33. The van der Waals surface area contributed by atoms with Gasteiger partial charge in [0, 0.05) is 19.3 Å². The van der Waals surface area contributed by atoms with E-state index in [4.69, 9.17) is 27.9 Å². The van der Waals surface area contributed by atoms with Gasteiger partial charge in [-0.3, -0.25) is 19.2 Å². The van der Waals surface area contributed by atoms with Crippen molar-refractivity contribution in [2.45, 2.75) is 113 Å². The van der Waals surface area contributed by atoms with E-state index in [1.165, 1.54) is 30.2 Å². The molecule has 2 N–H and O–H groups in total. The number of ether oxygens (including phenoxy) is 2. The highest BCUT2D eigenvalue weighted by Crippen LogP contribution is 2.32. The molecule has 1 aliphatic rings. The average Bonchev–Trinajstić information content (AvgIpc) is 3.12. The zero-order valence-corrected chi connectivity index (χ0v) is 36.3. The summed E-state index contributed by atoms with van der Waals surface area (Å²) < 4.78 is 9.88. The van der Waals surface area contributed by atoms with Gasteiger partial charge in [0.2, 0.25) is 6.41 Å². The maximum atomic E-state index is 13.0. The van der Waals surface area contributed by atoms with Gasteiger partial charge in [0.15, 0.2) is 5.78 Å². The molecule has 56 heavy (non-hydrogen) atoms. The third-order valence-electron chi connectivity index (χ3n) is 8.75. The van der Waals surface area contributed by atoms with Crippen LogP contribution in [0.15, 0.2) is 60.7 Å². The number of nitrogens with zero attached hydrogens (tertiary/aromatic N) is 1. The molecular weight excluding hydrogens is 753 g/mol. The standard InChI is InChI=1S/C25H33N3O4.C8H6Cl2O.C6H12.C5H10O2/c1-17(2)13-18-7-10-20(11-8-18)27-23(30)21-14-19(9-12-22(21)26-16-29)15-28(6)24(31)32-25(3,4)5;1-5(11)8-6(9)3-2-4-7(8)10;1-5-3-4-6(5)2;1-3-5(2)7-4-6/h7-12,14,16-17H,13,15H2,1-6H3,(H,26,29)(H,27,30);2-4H,1H3;5-6H,3-4H2,1-2H3;4-5H,3H2,1-2H3. The van der Waals surface area contributed by atoms with E-state index in [0.29, 0.717) is 51.3 Å². The van der Waals surface area contributed by atoms with Gasteiger partial charge in [-0.25, -0.2) is 4.79 Å². The van der Waals surface area contributed by atoms with Gasteiger partial charge >= 0.3 is 6.09 Å². The average molecular weight is 815 g/mol. The van der Waals surface area contributed by atoms with E-state index in [2.05, 4.69) is 43.1 Å². The Hall–Kier alpha value is -4.41. The Kier molecular flexibility index (Phi) is 22.1. The van der Waals surface area contributed by atoms with Gasteiger partial charge in [0.25, 0.3) is 12.4 Å². The maximum Gasteiger partial charge on any atom is 0.410 e. The number of hydrogen-bond acceptors (Lipinski definition) is 7. The van der Waals surface area contributed by atoms with Gasteiger partial charge in [-0.2, -0.15) is 0 Å². The van der Waals surface area contributed by atoms with Crippen LogP contribution in [0.5, 0.6) is 0 Å². The summed E-state index contributed by atoms with van der Waals surface area (Å²) >= 11 is 11.4. The van der Waals surface area contributed by atoms with Crippen LogP contribution in [-0.4, -0.2) is 54.3 Å². The SMILES string of the molecule is CC(=O)c1c(Cl)cccc1Cl.CC(C)Cc1ccc(NC(=O)c2cc(CN(C)C(=O)OC(C)(C)C)ccc2NC=O)cc1.CC1CCC1C.CCC(C)OC=O. The fourth-order valence-electron chi connectivity index (χ4n) is 5.00. The van der Waals surface area contributed by atoms with Crippen molar-refractivity contribution in [3.05, 3.63) is 93.0 Å². The van der Waals surface area contributed by atoms with Crippen LogP contribution in [0.1, 0.15) is 120 Å². The number of rotatable bonds is 12. The highest BCUT2D eigenvalue weighted by Gasteiger charge is 2.22. The Morgan fingerprint density at radius 3 is 1.86 bits per heavy atom. The summed E-state index contributed by atoms with van der Waals surface area (Å²) in [5.74, 6) is 2.15. The predicted molar refractivity (Wildman–Crippen MR) is 228 cm³/mol. The number of halogens is 2. The number of nitrogens with one attached hydrogen (secondary N) is 2. The Morgan fingerprint density at radius 2 is 1.46 bits per heavy atom. The van der Waals surface area contributed by atoms with E-state index in [9.17, 15) is 24.0 Å². The first-order chi connectivity index (χ1) is 26.2. The number of carbonyl (C=O) groups excluding carboxylic acids is 5. The molecule has 3 aromatic rings. The number of anilines is 2. The van der Waals surface area contributed by atoms with Crippen molar-refractivity contribution in [2.75, 3.05) is 17.7 Å². The minimum atomic E-state index is -0.598. The predicted octanol–water partition coefficient (Wildman–Crippen LogP) is 11.3. The lowest BCUT2D eigenvalue weighted by atomic mass is 9.77. The molecule has 0 spiro atoms. The van der Waals surface area contributed by atoms with Crippen LogP contribution >= 0.6 is 23.2 Å². The molecule has 308 valence electrons. The Labute approximate surface area is 344 Å². The normalized spacial score (nSPS) is 14.7. The van der Waals surface area contributed by atoms with Gasteiger partial charge < -0.3 is 25.0 Å². The topological polar surface area (TPSA) is 131 Å². The minimum Gasteiger partial charge on any atom is -0.465 e. The molecule has 0 heterocycles. The number of Topliss-reactive ketones (excluding diaryl/α,β-unsaturated/α-hetero) is 1. The van der Waals surface area contributed by atoms with Crippen LogP contribution in [-0.2, 0) is 32.0 Å². The zero-order valence-electron chi connectivity index (χ0n) is 34.8. The lowest BCUT2D eigenvalue weighted by Gasteiger charge is -2.29. The minimum absolute atomic E-state index is 0.0810. The molecule has 10 nitrogen and oxygen atoms in total. The maximum absolute atomic E-state index is 13.0. The Balaban J connectivity index is 0.000000521. The number of carbonyl (C=O) groups is 5. The molecule has 3 amide bonds. The van der Waals surface area contributed by atoms with E-state index in [-0.39, 0.29) is 24.3 Å². The summed E-state index contributed by atoms with van der Waals surface area (Å²) in [7, 11) is 1.63. The van der Waals surface area contributed by atoms with E-state index in [1.807, 2.05) is 38.1 Å². The van der Waals surface area contributed by atoms with E-state index >= 15 is 0 Å². The molecule has 0 aromatic heterocycles. The van der Waals surface area contributed by atoms with Crippen molar-refractivity contribution in [1.29, 1.82) is 0 Å². The Bertz CT molecular complexity index is 1680. The number of ketones is 1. The third-order valence-corrected chi connectivity index (χ3v) is 9.38. The van der Waals surface area contributed by atoms with Crippen LogP contribution < -0.4 is 10.6 Å². The molecule has 3 unspecified atom stereocenters. The monoisotopic (exact) mass is 813 g/mol. The Morgan fingerprint density at radius 1 is 0.911 bits per heavy atom. The first-order valence-corrected chi connectivity index (χ1v) is 19.7. The molecule has 0 bridgehead atoms. The molecule has 0 radical (unpaired) electrons.